The summed E-state index contributed by atoms with van der Waals surface area (Å²) < 4.78 is 2.60. The Kier molecular flexibility index (Phi) is 7.42. The zero-order valence-electron chi connectivity index (χ0n) is 31.1. The van der Waals surface area contributed by atoms with Crippen molar-refractivity contribution in [3.05, 3.63) is 193 Å². The highest BCUT2D eigenvalue weighted by Crippen LogP contribution is 2.49. The minimum atomic E-state index is -0.118. The van der Waals surface area contributed by atoms with Gasteiger partial charge in [0, 0.05) is 42.3 Å². The average Bonchev–Trinajstić information content (AvgIpc) is 3.74. The third kappa shape index (κ3) is 5.38. The topological polar surface area (TPSA) is 25.8 Å². The van der Waals surface area contributed by atoms with Gasteiger partial charge in [-0.1, -0.05) is 147 Å². The predicted molar refractivity (Wildman–Crippen MR) is 237 cm³/mol. The van der Waals surface area contributed by atoms with Crippen molar-refractivity contribution in [2.24, 2.45) is 0 Å². The molecule has 0 saturated carbocycles. The second kappa shape index (κ2) is 12.7. The van der Waals surface area contributed by atoms with Crippen LogP contribution in [0.3, 0.4) is 0 Å². The number of hydrogen-bond acceptors (Lipinski definition) is 3. The van der Waals surface area contributed by atoms with Crippen LogP contribution in [0.5, 0.6) is 0 Å². The van der Waals surface area contributed by atoms with Gasteiger partial charge in [-0.05, 0) is 104 Å². The maximum absolute atomic E-state index is 5.38. The van der Waals surface area contributed by atoms with Gasteiger partial charge in [-0.2, -0.15) is 0 Å². The largest absolute Gasteiger partial charge is 0.228 e. The first-order valence-electron chi connectivity index (χ1n) is 19.2. The summed E-state index contributed by atoms with van der Waals surface area (Å²) in [5.74, 6) is 0.713. The highest BCUT2D eigenvalue weighted by molar-refractivity contribution is 7.25. The van der Waals surface area contributed by atoms with E-state index in [4.69, 9.17) is 9.97 Å². The molecule has 8 aromatic carbocycles. The summed E-state index contributed by atoms with van der Waals surface area (Å²) in [5, 5.41) is 4.98. The van der Waals surface area contributed by atoms with E-state index in [1.165, 1.54) is 64.3 Å². The Hall–Kier alpha value is -6.68. The summed E-state index contributed by atoms with van der Waals surface area (Å²) in [6, 6.07) is 66.1. The molecule has 10 aromatic rings. The maximum Gasteiger partial charge on any atom is 0.160 e. The maximum atomic E-state index is 5.38. The van der Waals surface area contributed by atoms with Gasteiger partial charge in [0.1, 0.15) is 0 Å². The van der Waals surface area contributed by atoms with Crippen LogP contribution in [-0.2, 0) is 5.41 Å². The number of thiophene rings is 1. The Morgan fingerprint density at radius 1 is 0.375 bits per heavy atom. The molecule has 2 aromatic heterocycles. The van der Waals surface area contributed by atoms with Crippen LogP contribution < -0.4 is 0 Å². The number of nitrogens with zero attached hydrogens (tertiary/aromatic N) is 2. The molecule has 56 heavy (non-hydrogen) atoms. The lowest BCUT2D eigenvalue weighted by Crippen LogP contribution is -2.14. The van der Waals surface area contributed by atoms with Gasteiger partial charge in [0.15, 0.2) is 5.82 Å². The smallest absolute Gasteiger partial charge is 0.160 e. The lowest BCUT2D eigenvalue weighted by atomic mass is 9.82. The Labute approximate surface area is 330 Å². The molecule has 0 bridgehead atoms. The molecule has 3 heteroatoms. The molecule has 11 rings (SSSR count). The van der Waals surface area contributed by atoms with E-state index >= 15 is 0 Å². The Bertz CT molecular complexity index is 3170. The minimum absolute atomic E-state index is 0.118. The Morgan fingerprint density at radius 3 is 1.89 bits per heavy atom. The number of hydrogen-bond donors (Lipinski definition) is 0. The van der Waals surface area contributed by atoms with E-state index < -0.39 is 0 Å². The summed E-state index contributed by atoms with van der Waals surface area (Å²) in [7, 11) is 0. The normalized spacial score (nSPS) is 13.0. The van der Waals surface area contributed by atoms with Crippen LogP contribution >= 0.6 is 11.3 Å². The Morgan fingerprint density at radius 2 is 1.02 bits per heavy atom. The summed E-state index contributed by atoms with van der Waals surface area (Å²) in [6.07, 6.45) is 0. The zero-order chi connectivity index (χ0) is 37.4. The van der Waals surface area contributed by atoms with Crippen LogP contribution in [0.1, 0.15) is 25.0 Å². The van der Waals surface area contributed by atoms with Gasteiger partial charge in [-0.3, -0.25) is 0 Å². The SMILES string of the molecule is CC1(C)c2ccccc2-c2ccc(-c3cc(-c4cc(-c5ccccc5)cc(-c5ccc6c(c5)sc5ccccc56)c4)nc(-c4ccc5ccccc5c4)n3)cc21. The van der Waals surface area contributed by atoms with E-state index in [1.807, 2.05) is 11.3 Å². The van der Waals surface area contributed by atoms with Gasteiger partial charge in [0.2, 0.25) is 0 Å². The molecule has 0 N–H and O–H groups in total. The first-order valence-corrected chi connectivity index (χ1v) is 20.0. The first kappa shape index (κ1) is 32.7. The van der Waals surface area contributed by atoms with Crippen LogP contribution in [0.15, 0.2) is 182 Å². The Balaban J connectivity index is 1.12. The molecule has 0 fully saturated rings. The van der Waals surface area contributed by atoms with Crippen molar-refractivity contribution >= 4 is 42.3 Å². The molecule has 0 amide bonds. The van der Waals surface area contributed by atoms with Crippen molar-refractivity contribution in [2.45, 2.75) is 19.3 Å². The minimum Gasteiger partial charge on any atom is -0.228 e. The van der Waals surface area contributed by atoms with Crippen LogP contribution in [0.4, 0.5) is 0 Å². The average molecular weight is 733 g/mol. The first-order chi connectivity index (χ1) is 27.5. The molecule has 0 atom stereocenters. The fourth-order valence-electron chi connectivity index (χ4n) is 8.71. The highest BCUT2D eigenvalue weighted by atomic mass is 32.1. The second-order valence-corrected chi connectivity index (χ2v) is 16.5. The zero-order valence-corrected chi connectivity index (χ0v) is 31.9. The van der Waals surface area contributed by atoms with Crippen LogP contribution in [-0.4, -0.2) is 9.97 Å². The van der Waals surface area contributed by atoms with Gasteiger partial charge < -0.3 is 0 Å². The lowest BCUT2D eigenvalue weighted by molar-refractivity contribution is 0.660. The summed E-state index contributed by atoms with van der Waals surface area (Å²) in [4.78, 5) is 10.7. The quantitative estimate of drug-likeness (QED) is 0.176. The fraction of sp³-hybridized carbons (Fsp3) is 0.0566. The van der Waals surface area contributed by atoms with Gasteiger partial charge in [-0.15, -0.1) is 11.3 Å². The van der Waals surface area contributed by atoms with Gasteiger partial charge in [0.05, 0.1) is 11.4 Å². The second-order valence-electron chi connectivity index (χ2n) is 15.4. The van der Waals surface area contributed by atoms with Gasteiger partial charge >= 0.3 is 0 Å². The third-order valence-corrected chi connectivity index (χ3v) is 12.8. The van der Waals surface area contributed by atoms with E-state index in [0.717, 1.165) is 39.2 Å². The molecule has 0 saturated heterocycles. The molecule has 0 unspecified atom stereocenters. The number of benzene rings is 8. The summed E-state index contributed by atoms with van der Waals surface area (Å²) >= 11 is 1.86. The van der Waals surface area contributed by atoms with E-state index in [2.05, 4.69) is 196 Å². The predicted octanol–water partition coefficient (Wildman–Crippen LogP) is 14.6. The van der Waals surface area contributed by atoms with Crippen LogP contribution in [0, 0.1) is 0 Å². The molecule has 0 spiro atoms. The molecule has 1 aliphatic carbocycles. The van der Waals surface area contributed by atoms with E-state index in [9.17, 15) is 0 Å². The van der Waals surface area contributed by atoms with E-state index in [1.54, 1.807) is 0 Å². The van der Waals surface area contributed by atoms with Gasteiger partial charge in [-0.25, -0.2) is 9.97 Å². The lowest BCUT2D eigenvalue weighted by Gasteiger charge is -2.22. The van der Waals surface area contributed by atoms with Crippen LogP contribution in [0.2, 0.25) is 0 Å². The fourth-order valence-corrected chi connectivity index (χ4v) is 9.85. The molecule has 264 valence electrons. The molecule has 2 nitrogen and oxygen atoms in total. The van der Waals surface area contributed by atoms with Crippen molar-refractivity contribution in [2.75, 3.05) is 0 Å². The summed E-state index contributed by atoms with van der Waals surface area (Å²) in [5.41, 5.74) is 14.8. The number of fused-ring (bicyclic) bond motifs is 7. The van der Waals surface area contributed by atoms with Gasteiger partial charge in [0.25, 0.3) is 0 Å². The van der Waals surface area contributed by atoms with Crippen molar-refractivity contribution in [1.82, 2.24) is 9.97 Å². The monoisotopic (exact) mass is 732 g/mol. The van der Waals surface area contributed by atoms with E-state index in [0.29, 0.717) is 5.82 Å². The highest BCUT2D eigenvalue weighted by Gasteiger charge is 2.35. The molecule has 0 radical (unpaired) electrons. The molecule has 0 aliphatic heterocycles. The standard InChI is InChI=1S/C53H36N2S/c1-53(2)46-18-10-8-16-42(46)43-24-23-37(30-47(43)53)48-32-49(55-52(54-48)38-21-20-34-14-6-7-15-35(34)26-38)41-28-39(33-12-4-3-5-13-33)27-40(29-41)36-22-25-45-44-17-9-11-19-50(44)56-51(45)31-36/h3-32H,1-2H3. The molecular weight excluding hydrogens is 697 g/mol. The molecule has 2 heterocycles. The van der Waals surface area contributed by atoms with E-state index in [-0.39, 0.29) is 5.41 Å². The van der Waals surface area contributed by atoms with Crippen molar-refractivity contribution in [3.63, 3.8) is 0 Å². The van der Waals surface area contributed by atoms with Crippen molar-refractivity contribution in [1.29, 1.82) is 0 Å². The molecular formula is C53H36N2S. The van der Waals surface area contributed by atoms with Crippen LogP contribution in [0.25, 0.3) is 98.2 Å². The molecule has 1 aliphatic rings. The van der Waals surface area contributed by atoms with Crippen molar-refractivity contribution < 1.29 is 0 Å². The number of rotatable bonds is 5. The third-order valence-electron chi connectivity index (χ3n) is 11.7. The van der Waals surface area contributed by atoms with Crippen molar-refractivity contribution in [3.8, 4) is 67.3 Å². The summed E-state index contributed by atoms with van der Waals surface area (Å²) in [6.45, 7) is 4.67. The number of aromatic nitrogens is 2.